The minimum atomic E-state index is -0.574. The van der Waals surface area contributed by atoms with Gasteiger partial charge >= 0.3 is 5.91 Å². The molecule has 2 aromatic heterocycles. The molecule has 1 aliphatic heterocycles. The van der Waals surface area contributed by atoms with Gasteiger partial charge in [-0.1, -0.05) is 24.3 Å². The number of rotatable bonds is 6. The topological polar surface area (TPSA) is 82.9 Å². The largest absolute Gasteiger partial charge is 0.364 e. The van der Waals surface area contributed by atoms with Crippen LogP contribution < -0.4 is 10.2 Å². The molecule has 5 rings (SSSR count). The number of imidazole rings is 1. The summed E-state index contributed by atoms with van der Waals surface area (Å²) in [6.07, 6.45) is 6.06. The van der Waals surface area contributed by atoms with Gasteiger partial charge in [0.2, 0.25) is 0 Å². The number of amides is 2. The first-order valence-corrected chi connectivity index (χ1v) is 11.4. The summed E-state index contributed by atoms with van der Waals surface area (Å²) in [5, 5.41) is 0. The fourth-order valence-corrected chi connectivity index (χ4v) is 5.34. The molecule has 0 spiro atoms. The van der Waals surface area contributed by atoms with Gasteiger partial charge in [-0.3, -0.25) is 4.79 Å². The van der Waals surface area contributed by atoms with E-state index in [0.717, 1.165) is 34.7 Å². The number of carbonyl (C=O) groups is 2. The van der Waals surface area contributed by atoms with Gasteiger partial charge < -0.3 is 14.9 Å². The molecule has 4 aromatic rings. The smallest absolute Gasteiger partial charge is 0.319 e. The Bertz CT molecular complexity index is 1320. The lowest BCUT2D eigenvalue weighted by Crippen LogP contribution is -2.62. The summed E-state index contributed by atoms with van der Waals surface area (Å²) in [6.45, 7) is 0.563. The van der Waals surface area contributed by atoms with Crippen molar-refractivity contribution in [3.8, 4) is 5.69 Å². The highest BCUT2D eigenvalue weighted by atomic mass is 16.2. The Kier molecular flexibility index (Phi) is 5.34. The molecule has 0 saturated carbocycles. The number of carbonyl (C=O) groups excluding carboxylic acids is 2. The third-order valence-corrected chi connectivity index (χ3v) is 6.93. The van der Waals surface area contributed by atoms with Crippen LogP contribution in [0, 0.1) is 0 Å². The zero-order valence-electron chi connectivity index (χ0n) is 18.7. The number of benzene rings is 2. The number of quaternary nitrogens is 1. The van der Waals surface area contributed by atoms with Crippen LogP contribution in [0.3, 0.4) is 0 Å². The minimum absolute atomic E-state index is 0.00274. The van der Waals surface area contributed by atoms with E-state index < -0.39 is 11.9 Å². The van der Waals surface area contributed by atoms with E-state index in [0.29, 0.717) is 19.4 Å². The number of primary amides is 1. The van der Waals surface area contributed by atoms with E-state index in [2.05, 4.69) is 0 Å². The number of nitrogens with zero attached hydrogens (tertiary/aromatic N) is 4. The van der Waals surface area contributed by atoms with E-state index >= 15 is 0 Å². The number of likely N-dealkylation sites (tertiary alicyclic amines) is 1. The Hall–Kier alpha value is -3.71. The SMILES string of the molecule is Cn1c(CCC(=O)[N+]2(c3ccccc3-n3cccc3)CCC[C@H]2C(N)=O)nc2ccccc21. The zero-order valence-corrected chi connectivity index (χ0v) is 18.7. The van der Waals surface area contributed by atoms with Crippen molar-refractivity contribution in [1.29, 1.82) is 0 Å². The number of hydrogen-bond donors (Lipinski definition) is 1. The molecule has 2 aromatic carbocycles. The number of aryl methyl sites for hydroxylation is 2. The van der Waals surface area contributed by atoms with Crippen LogP contribution in [0.15, 0.2) is 73.1 Å². The molecular formula is C26H28N5O2+. The summed E-state index contributed by atoms with van der Waals surface area (Å²) in [5.41, 5.74) is 9.55. The van der Waals surface area contributed by atoms with Gasteiger partial charge in [0, 0.05) is 44.8 Å². The molecule has 2 N–H and O–H groups in total. The van der Waals surface area contributed by atoms with Crippen LogP contribution in [0.4, 0.5) is 5.69 Å². The van der Waals surface area contributed by atoms with Crippen LogP contribution >= 0.6 is 0 Å². The maximum absolute atomic E-state index is 14.0. The van der Waals surface area contributed by atoms with Crippen LogP contribution in [-0.4, -0.2) is 38.5 Å². The molecule has 2 amide bonds. The second kappa shape index (κ2) is 8.33. The monoisotopic (exact) mass is 442 g/mol. The van der Waals surface area contributed by atoms with Gasteiger partial charge in [-0.2, -0.15) is 0 Å². The highest BCUT2D eigenvalue weighted by Crippen LogP contribution is 2.40. The molecule has 0 bridgehead atoms. The fourth-order valence-electron chi connectivity index (χ4n) is 5.34. The summed E-state index contributed by atoms with van der Waals surface area (Å²) < 4.78 is 3.99. The highest BCUT2D eigenvalue weighted by molar-refractivity contribution is 5.98. The van der Waals surface area contributed by atoms with Crippen LogP contribution in [-0.2, 0) is 23.1 Å². The Morgan fingerprint density at radius 1 is 1.06 bits per heavy atom. The number of nitrogens with two attached hydrogens (primary N) is 1. The molecular weight excluding hydrogens is 414 g/mol. The molecule has 0 radical (unpaired) electrons. The number of fused-ring (bicyclic) bond motifs is 1. The quantitative estimate of drug-likeness (QED) is 0.464. The number of hydrogen-bond acceptors (Lipinski definition) is 3. The molecule has 7 heteroatoms. The molecule has 3 heterocycles. The summed E-state index contributed by atoms with van der Waals surface area (Å²) in [7, 11) is 1.98. The normalized spacial score (nSPS) is 20.3. The van der Waals surface area contributed by atoms with Gasteiger partial charge in [0.1, 0.15) is 11.5 Å². The van der Waals surface area contributed by atoms with Gasteiger partial charge in [0.15, 0.2) is 11.7 Å². The van der Waals surface area contributed by atoms with E-state index in [1.54, 1.807) is 0 Å². The first kappa shape index (κ1) is 21.2. The molecule has 1 aliphatic rings. The second-order valence-electron chi connectivity index (χ2n) is 8.70. The zero-order chi connectivity index (χ0) is 23.0. The van der Waals surface area contributed by atoms with E-state index in [-0.39, 0.29) is 16.8 Å². The van der Waals surface area contributed by atoms with Crippen molar-refractivity contribution < 1.29 is 9.59 Å². The van der Waals surface area contributed by atoms with Crippen molar-refractivity contribution in [3.63, 3.8) is 0 Å². The van der Waals surface area contributed by atoms with Crippen LogP contribution in [0.2, 0.25) is 0 Å². The Balaban J connectivity index is 1.54. The molecule has 1 fully saturated rings. The van der Waals surface area contributed by atoms with Gasteiger partial charge in [-0.15, -0.1) is 0 Å². The third-order valence-electron chi connectivity index (χ3n) is 6.93. The lowest BCUT2D eigenvalue weighted by Gasteiger charge is -2.36. The minimum Gasteiger partial charge on any atom is -0.364 e. The lowest BCUT2D eigenvalue weighted by atomic mass is 10.1. The van der Waals surface area contributed by atoms with Crippen LogP contribution in [0.25, 0.3) is 16.7 Å². The number of aromatic nitrogens is 3. The average molecular weight is 443 g/mol. The van der Waals surface area contributed by atoms with Crippen LogP contribution in [0.5, 0.6) is 0 Å². The second-order valence-corrected chi connectivity index (χ2v) is 8.70. The van der Waals surface area contributed by atoms with Crippen molar-refractivity contribution in [2.45, 2.75) is 31.7 Å². The Morgan fingerprint density at radius 3 is 2.55 bits per heavy atom. The van der Waals surface area contributed by atoms with Crippen molar-refractivity contribution in [3.05, 3.63) is 78.9 Å². The van der Waals surface area contributed by atoms with Gasteiger partial charge in [-0.25, -0.2) is 14.3 Å². The van der Waals surface area contributed by atoms with Crippen molar-refractivity contribution in [1.82, 2.24) is 18.6 Å². The summed E-state index contributed by atoms with van der Waals surface area (Å²) in [5.74, 6) is 0.435. The standard InChI is InChI=1S/C26H27N5O2/c1-29-20-10-3-2-9-19(20)28-24(29)14-15-25(32)31(18-8-13-23(31)26(27)33)22-12-5-4-11-21(22)30-16-6-7-17-30/h2-7,9-12,16-17,23H,8,13-15,18H2,1H3,(H-,27,33)/p+1/t23-,31?/m0/s1. The van der Waals surface area contributed by atoms with Crippen molar-refractivity contribution in [2.75, 3.05) is 6.54 Å². The molecule has 168 valence electrons. The first-order chi connectivity index (χ1) is 16.0. The van der Waals surface area contributed by atoms with Gasteiger partial charge in [0.25, 0.3) is 5.91 Å². The van der Waals surface area contributed by atoms with Crippen molar-refractivity contribution >= 4 is 28.5 Å². The average Bonchev–Trinajstić information content (AvgIpc) is 3.57. The van der Waals surface area contributed by atoms with Gasteiger partial charge in [-0.05, 0) is 30.3 Å². The van der Waals surface area contributed by atoms with E-state index in [4.69, 9.17) is 10.7 Å². The summed E-state index contributed by atoms with van der Waals surface area (Å²) in [6, 6.07) is 19.1. The highest BCUT2D eigenvalue weighted by Gasteiger charge is 2.53. The first-order valence-electron chi connectivity index (χ1n) is 11.4. The molecule has 0 aliphatic carbocycles. The Labute approximate surface area is 192 Å². The number of para-hydroxylation sites is 4. The molecule has 7 nitrogen and oxygen atoms in total. The summed E-state index contributed by atoms with van der Waals surface area (Å²) >= 11 is 0. The maximum Gasteiger partial charge on any atom is 0.319 e. The van der Waals surface area contributed by atoms with E-state index in [9.17, 15) is 9.59 Å². The fraction of sp³-hybridized carbons (Fsp3) is 0.269. The van der Waals surface area contributed by atoms with Crippen molar-refractivity contribution in [2.24, 2.45) is 12.8 Å². The summed E-state index contributed by atoms with van der Waals surface area (Å²) in [4.78, 5) is 31.3. The molecule has 1 unspecified atom stereocenters. The van der Waals surface area contributed by atoms with Gasteiger partial charge in [0.05, 0.1) is 24.0 Å². The van der Waals surface area contributed by atoms with E-state index in [1.165, 1.54) is 0 Å². The predicted molar refractivity (Wildman–Crippen MR) is 129 cm³/mol. The van der Waals surface area contributed by atoms with Crippen LogP contribution in [0.1, 0.15) is 25.1 Å². The Morgan fingerprint density at radius 2 is 1.79 bits per heavy atom. The van der Waals surface area contributed by atoms with E-state index in [1.807, 2.05) is 89.2 Å². The third kappa shape index (κ3) is 3.45. The predicted octanol–water partition coefficient (Wildman–Crippen LogP) is 3.48. The molecule has 1 saturated heterocycles. The lowest BCUT2D eigenvalue weighted by molar-refractivity contribution is -0.136. The molecule has 2 atom stereocenters. The molecule has 33 heavy (non-hydrogen) atoms. The maximum atomic E-state index is 14.0.